The SMILES string of the molecule is CCC/C(=C\c1cc(I)c(O)c(OC)c1)CC[C@H]1OC[C@H]2C1=C(CO)C[C@H]1C(=O)N(Cc3cccs3)C(=O)[C@H]12. The molecule has 1 aliphatic carbocycles. The van der Waals surface area contributed by atoms with E-state index >= 15 is 0 Å². The minimum atomic E-state index is -0.418. The van der Waals surface area contributed by atoms with Crippen LogP contribution in [0.5, 0.6) is 11.5 Å². The number of aliphatic hydroxyl groups excluding tert-OH is 1. The first-order valence-electron chi connectivity index (χ1n) is 13.4. The van der Waals surface area contributed by atoms with Gasteiger partial charge in [-0.15, -0.1) is 11.3 Å². The van der Waals surface area contributed by atoms with Crippen molar-refractivity contribution in [3.8, 4) is 11.5 Å². The Kier molecular flexibility index (Phi) is 8.80. The summed E-state index contributed by atoms with van der Waals surface area (Å²) in [7, 11) is 1.55. The number of hydrogen-bond acceptors (Lipinski definition) is 7. The molecular formula is C30H34INO6S. The molecule has 3 heterocycles. The summed E-state index contributed by atoms with van der Waals surface area (Å²) in [6.45, 7) is 2.74. The van der Waals surface area contributed by atoms with E-state index in [0.29, 0.717) is 25.3 Å². The molecule has 2 amide bonds. The van der Waals surface area contributed by atoms with Gasteiger partial charge in [0.05, 0.1) is 48.4 Å². The van der Waals surface area contributed by atoms with Crippen molar-refractivity contribution in [3.63, 3.8) is 0 Å². The van der Waals surface area contributed by atoms with E-state index in [4.69, 9.17) is 9.47 Å². The van der Waals surface area contributed by atoms with Crippen LogP contribution in [0.2, 0.25) is 0 Å². The Morgan fingerprint density at radius 2 is 2.08 bits per heavy atom. The van der Waals surface area contributed by atoms with E-state index < -0.39 is 11.8 Å². The van der Waals surface area contributed by atoms with Crippen molar-refractivity contribution in [1.82, 2.24) is 4.90 Å². The minimum Gasteiger partial charge on any atom is -0.504 e. The van der Waals surface area contributed by atoms with Crippen LogP contribution in [-0.4, -0.2) is 53.4 Å². The highest BCUT2D eigenvalue weighted by Crippen LogP contribution is 2.50. The van der Waals surface area contributed by atoms with E-state index in [1.165, 1.54) is 10.5 Å². The van der Waals surface area contributed by atoms with Crippen molar-refractivity contribution in [2.45, 2.75) is 51.7 Å². The number of ether oxygens (including phenoxy) is 2. The van der Waals surface area contributed by atoms with Crippen LogP contribution < -0.4 is 4.74 Å². The van der Waals surface area contributed by atoms with Gasteiger partial charge in [-0.3, -0.25) is 14.5 Å². The molecule has 0 saturated carbocycles. The maximum Gasteiger partial charge on any atom is 0.234 e. The van der Waals surface area contributed by atoms with Gasteiger partial charge < -0.3 is 19.7 Å². The second-order valence-electron chi connectivity index (χ2n) is 10.5. The molecule has 2 aromatic rings. The van der Waals surface area contributed by atoms with E-state index in [2.05, 4.69) is 35.6 Å². The number of nitrogens with zero attached hydrogens (tertiary/aromatic N) is 1. The number of rotatable bonds is 10. The first-order valence-corrected chi connectivity index (χ1v) is 15.4. The van der Waals surface area contributed by atoms with E-state index in [9.17, 15) is 19.8 Å². The average Bonchev–Trinajstić information content (AvgIpc) is 3.65. The van der Waals surface area contributed by atoms with Crippen LogP contribution in [0.25, 0.3) is 6.08 Å². The maximum absolute atomic E-state index is 13.5. The number of methoxy groups -OCH3 is 1. The Balaban J connectivity index is 1.34. The molecule has 0 spiro atoms. The summed E-state index contributed by atoms with van der Waals surface area (Å²) in [5, 5.41) is 22.4. The Labute approximate surface area is 246 Å². The fraction of sp³-hybridized carbons (Fsp3) is 0.467. The zero-order valence-electron chi connectivity index (χ0n) is 22.2. The van der Waals surface area contributed by atoms with Gasteiger partial charge in [-0.2, -0.15) is 0 Å². The lowest BCUT2D eigenvalue weighted by molar-refractivity contribution is -0.140. The van der Waals surface area contributed by atoms with Crippen molar-refractivity contribution in [3.05, 3.63) is 60.4 Å². The molecule has 3 aliphatic rings. The van der Waals surface area contributed by atoms with Crippen LogP contribution in [0.4, 0.5) is 0 Å². The number of halogens is 1. The van der Waals surface area contributed by atoms with Crippen LogP contribution in [0.1, 0.15) is 49.5 Å². The van der Waals surface area contributed by atoms with Gasteiger partial charge in [-0.1, -0.05) is 31.1 Å². The third kappa shape index (κ3) is 5.55. The molecule has 208 valence electrons. The molecule has 0 unspecified atom stereocenters. The predicted octanol–water partition coefficient (Wildman–Crippen LogP) is 5.54. The highest BCUT2D eigenvalue weighted by molar-refractivity contribution is 14.1. The van der Waals surface area contributed by atoms with E-state index in [0.717, 1.165) is 50.8 Å². The number of thiophene rings is 1. The van der Waals surface area contributed by atoms with Crippen LogP contribution in [0, 0.1) is 21.3 Å². The second kappa shape index (κ2) is 12.1. The predicted molar refractivity (Wildman–Crippen MR) is 158 cm³/mol. The molecule has 2 N–H and O–H groups in total. The molecule has 9 heteroatoms. The van der Waals surface area contributed by atoms with Crippen molar-refractivity contribution in [2.24, 2.45) is 17.8 Å². The average molecular weight is 664 g/mol. The maximum atomic E-state index is 13.5. The molecule has 1 aromatic heterocycles. The van der Waals surface area contributed by atoms with E-state index in [1.807, 2.05) is 29.6 Å². The number of allylic oxidation sites excluding steroid dienone is 1. The molecule has 2 fully saturated rings. The normalized spacial score (nSPS) is 24.9. The lowest BCUT2D eigenvalue weighted by atomic mass is 9.69. The summed E-state index contributed by atoms with van der Waals surface area (Å²) >= 11 is 3.65. The molecule has 4 atom stereocenters. The number of fused-ring (bicyclic) bond motifs is 3. The molecule has 7 nitrogen and oxygen atoms in total. The highest BCUT2D eigenvalue weighted by Gasteiger charge is 2.56. The van der Waals surface area contributed by atoms with Crippen LogP contribution in [0.3, 0.4) is 0 Å². The summed E-state index contributed by atoms with van der Waals surface area (Å²) in [4.78, 5) is 29.2. The number of carbonyl (C=O) groups excluding carboxylic acids is 2. The van der Waals surface area contributed by atoms with Crippen molar-refractivity contribution in [2.75, 3.05) is 20.3 Å². The van der Waals surface area contributed by atoms with Crippen LogP contribution in [-0.2, 0) is 20.9 Å². The zero-order valence-corrected chi connectivity index (χ0v) is 25.2. The van der Waals surface area contributed by atoms with E-state index in [1.54, 1.807) is 18.4 Å². The number of imide groups is 1. The molecule has 1 aromatic carbocycles. The monoisotopic (exact) mass is 663 g/mol. The fourth-order valence-corrected chi connectivity index (χ4v) is 7.69. The molecule has 2 aliphatic heterocycles. The Bertz CT molecular complexity index is 1300. The van der Waals surface area contributed by atoms with Gasteiger partial charge in [0.15, 0.2) is 11.5 Å². The fourth-order valence-electron chi connectivity index (χ4n) is 6.37. The third-order valence-electron chi connectivity index (χ3n) is 8.12. The molecule has 2 saturated heterocycles. The van der Waals surface area contributed by atoms with Gasteiger partial charge in [-0.05, 0) is 88.6 Å². The zero-order chi connectivity index (χ0) is 27.7. The smallest absolute Gasteiger partial charge is 0.234 e. The van der Waals surface area contributed by atoms with Gasteiger partial charge in [0.25, 0.3) is 0 Å². The number of likely N-dealkylation sites (tertiary alicyclic amines) is 1. The number of carbonyl (C=O) groups is 2. The lowest BCUT2D eigenvalue weighted by Gasteiger charge is -2.31. The third-order valence-corrected chi connectivity index (χ3v) is 9.81. The molecular weight excluding hydrogens is 629 g/mol. The Morgan fingerprint density at radius 1 is 1.26 bits per heavy atom. The number of benzene rings is 1. The lowest BCUT2D eigenvalue weighted by Crippen LogP contribution is -2.34. The van der Waals surface area contributed by atoms with E-state index in [-0.39, 0.29) is 36.2 Å². The Morgan fingerprint density at radius 3 is 2.77 bits per heavy atom. The summed E-state index contributed by atoms with van der Waals surface area (Å²) in [6, 6.07) is 7.65. The standard InChI is InChI=1S/C30H34INO6S/c1-3-5-17(10-18-11-23(31)28(34)25(12-18)37-2)7-8-24-26-19(15-33)13-21-27(22(26)16-38-24)30(36)32(29(21)35)14-20-6-4-9-39-20/h4,6,9-12,21-22,24,27,33-34H,3,5,7-8,13-16H2,1-2H3/b17-10+/t21-,22+,24-,27-/m1/s1. The summed E-state index contributed by atoms with van der Waals surface area (Å²) < 4.78 is 12.3. The van der Waals surface area contributed by atoms with Crippen LogP contribution in [0.15, 0.2) is 46.4 Å². The van der Waals surface area contributed by atoms with Crippen molar-refractivity contribution < 1.29 is 29.3 Å². The molecule has 0 radical (unpaired) electrons. The van der Waals surface area contributed by atoms with Crippen molar-refractivity contribution in [1.29, 1.82) is 0 Å². The number of phenolic OH excluding ortho intramolecular Hbond substituents is 1. The topological polar surface area (TPSA) is 96.3 Å². The number of hydrogen-bond donors (Lipinski definition) is 2. The minimum absolute atomic E-state index is 0.107. The van der Waals surface area contributed by atoms with Crippen molar-refractivity contribution >= 4 is 51.8 Å². The van der Waals surface area contributed by atoms with Gasteiger partial charge in [-0.25, -0.2) is 0 Å². The first kappa shape index (κ1) is 28.3. The number of phenols is 1. The van der Waals surface area contributed by atoms with Gasteiger partial charge in [0, 0.05) is 10.8 Å². The second-order valence-corrected chi connectivity index (χ2v) is 12.7. The molecule has 0 bridgehead atoms. The summed E-state index contributed by atoms with van der Waals surface area (Å²) in [5.41, 5.74) is 4.14. The number of aliphatic hydroxyl groups is 1. The van der Waals surface area contributed by atoms with Gasteiger partial charge >= 0.3 is 0 Å². The van der Waals surface area contributed by atoms with Crippen LogP contribution >= 0.6 is 33.9 Å². The largest absolute Gasteiger partial charge is 0.504 e. The summed E-state index contributed by atoms with van der Waals surface area (Å²) in [5.74, 6) is -0.635. The number of amides is 2. The van der Waals surface area contributed by atoms with Gasteiger partial charge in [0.2, 0.25) is 11.8 Å². The molecule has 5 rings (SSSR count). The quantitative estimate of drug-likeness (QED) is 0.197. The number of aromatic hydroxyl groups is 1. The summed E-state index contributed by atoms with van der Waals surface area (Å²) in [6.07, 6.45) is 5.86. The Hall–Kier alpha value is -2.21. The molecule has 39 heavy (non-hydrogen) atoms. The van der Waals surface area contributed by atoms with Gasteiger partial charge in [0.1, 0.15) is 0 Å². The first-order chi connectivity index (χ1) is 18.9. The highest BCUT2D eigenvalue weighted by atomic mass is 127.